The van der Waals surface area contributed by atoms with Crippen molar-refractivity contribution in [2.75, 3.05) is 0 Å². The van der Waals surface area contributed by atoms with Gasteiger partial charge in [0.2, 0.25) is 0 Å². The molecule has 1 aromatic rings. The fraction of sp³-hybridized carbons (Fsp3) is 0.333. The fourth-order valence-electron chi connectivity index (χ4n) is 2.62. The van der Waals surface area contributed by atoms with Crippen LogP contribution in [0.2, 0.25) is 0 Å². The maximum atomic E-state index is 12.8. The number of carbonyl (C=O) groups excluding carboxylic acids is 1. The van der Waals surface area contributed by atoms with Gasteiger partial charge in [0.05, 0.1) is 11.3 Å². The molecule has 0 aliphatic heterocycles. The zero-order valence-electron chi connectivity index (χ0n) is 12.5. The monoisotopic (exact) mass is 284 g/mol. The quantitative estimate of drug-likeness (QED) is 0.857. The summed E-state index contributed by atoms with van der Waals surface area (Å²) in [6.07, 6.45) is 5.34. The number of hydrogen-bond acceptors (Lipinski definition) is 2. The first-order valence-corrected chi connectivity index (χ1v) is 7.10. The number of rotatable bonds is 4. The average molecular weight is 284 g/mol. The number of ketones is 1. The third-order valence-corrected chi connectivity index (χ3v) is 4.09. The van der Waals surface area contributed by atoms with Crippen LogP contribution in [0.15, 0.2) is 54.1 Å². The van der Waals surface area contributed by atoms with Crippen LogP contribution in [0.1, 0.15) is 31.1 Å². The van der Waals surface area contributed by atoms with E-state index in [-0.39, 0.29) is 11.7 Å². The maximum Gasteiger partial charge on any atom is 0.311 e. The van der Waals surface area contributed by atoms with Gasteiger partial charge in [0.25, 0.3) is 0 Å². The summed E-state index contributed by atoms with van der Waals surface area (Å²) >= 11 is 0. The molecule has 3 nitrogen and oxygen atoms in total. The molecule has 0 heterocycles. The second kappa shape index (κ2) is 5.68. The Hall–Kier alpha value is -2.16. The van der Waals surface area contributed by atoms with Crippen molar-refractivity contribution in [3.05, 3.63) is 59.7 Å². The predicted octanol–water partition coefficient (Wildman–Crippen LogP) is 3.73. The van der Waals surface area contributed by atoms with Crippen LogP contribution in [-0.2, 0) is 4.79 Å². The Kier molecular flexibility index (Phi) is 4.12. The van der Waals surface area contributed by atoms with E-state index in [1.54, 1.807) is 43.3 Å². The Labute approximate surface area is 125 Å². The van der Waals surface area contributed by atoms with Crippen LogP contribution in [0.25, 0.3) is 0 Å². The molecule has 0 fully saturated rings. The minimum Gasteiger partial charge on any atom is -0.481 e. The number of benzene rings is 1. The van der Waals surface area contributed by atoms with Crippen LogP contribution in [0.3, 0.4) is 0 Å². The molecule has 0 bridgehead atoms. The summed E-state index contributed by atoms with van der Waals surface area (Å²) in [6, 6.07) is 8.86. The van der Waals surface area contributed by atoms with Crippen LogP contribution in [0.5, 0.6) is 0 Å². The second-order valence-electron chi connectivity index (χ2n) is 5.95. The Balaban J connectivity index is 2.44. The van der Waals surface area contributed by atoms with E-state index in [4.69, 9.17) is 0 Å². The highest BCUT2D eigenvalue weighted by Gasteiger charge is 2.44. The van der Waals surface area contributed by atoms with Crippen LogP contribution < -0.4 is 0 Å². The molecule has 21 heavy (non-hydrogen) atoms. The normalized spacial score (nSPS) is 24.8. The number of hydrogen-bond donors (Lipinski definition) is 1. The Morgan fingerprint density at radius 1 is 1.19 bits per heavy atom. The first-order chi connectivity index (χ1) is 9.86. The predicted molar refractivity (Wildman–Crippen MR) is 82.1 cm³/mol. The summed E-state index contributed by atoms with van der Waals surface area (Å²) in [5.41, 5.74) is 0.448. The number of carboxylic acids is 1. The largest absolute Gasteiger partial charge is 0.481 e. The lowest BCUT2D eigenvalue weighted by Crippen LogP contribution is -2.39. The van der Waals surface area contributed by atoms with Gasteiger partial charge in [0.15, 0.2) is 5.78 Å². The van der Waals surface area contributed by atoms with E-state index in [1.165, 1.54) is 0 Å². The SMILES string of the molecule is CC(C)C1=CC(C(=O)O)C(C)(C(=O)c2ccccc2)C=C1. The van der Waals surface area contributed by atoms with Crippen molar-refractivity contribution in [3.8, 4) is 0 Å². The number of aliphatic carboxylic acids is 1. The van der Waals surface area contributed by atoms with E-state index in [1.807, 2.05) is 26.0 Å². The standard InChI is InChI=1S/C18H20O3/c1-12(2)14-9-10-18(3,15(11-14)17(20)21)16(19)13-7-5-4-6-8-13/h4-12,15H,1-3H3,(H,20,21). The van der Waals surface area contributed by atoms with Crippen molar-refractivity contribution < 1.29 is 14.7 Å². The van der Waals surface area contributed by atoms with Crippen LogP contribution in [0.4, 0.5) is 0 Å². The molecule has 1 aliphatic rings. The smallest absolute Gasteiger partial charge is 0.311 e. The van der Waals surface area contributed by atoms with Crippen LogP contribution in [0, 0.1) is 17.3 Å². The van der Waals surface area contributed by atoms with E-state index in [0.29, 0.717) is 5.56 Å². The molecule has 2 atom stereocenters. The molecule has 110 valence electrons. The average Bonchev–Trinajstić information content (AvgIpc) is 2.47. The molecule has 2 unspecified atom stereocenters. The maximum absolute atomic E-state index is 12.8. The first kappa shape index (κ1) is 15.2. The van der Waals surface area contributed by atoms with Crippen LogP contribution >= 0.6 is 0 Å². The van der Waals surface area contributed by atoms with Gasteiger partial charge in [-0.2, -0.15) is 0 Å². The van der Waals surface area contributed by atoms with Crippen molar-refractivity contribution in [3.63, 3.8) is 0 Å². The zero-order chi connectivity index (χ0) is 15.6. The van der Waals surface area contributed by atoms with Gasteiger partial charge in [0.1, 0.15) is 0 Å². The van der Waals surface area contributed by atoms with Crippen LogP contribution in [-0.4, -0.2) is 16.9 Å². The van der Waals surface area contributed by atoms with Gasteiger partial charge in [-0.15, -0.1) is 0 Å². The van der Waals surface area contributed by atoms with E-state index in [9.17, 15) is 14.7 Å². The molecular weight excluding hydrogens is 264 g/mol. The first-order valence-electron chi connectivity index (χ1n) is 7.10. The Morgan fingerprint density at radius 3 is 2.33 bits per heavy atom. The summed E-state index contributed by atoms with van der Waals surface area (Å²) in [5.74, 6) is -1.73. The van der Waals surface area contributed by atoms with Crippen molar-refractivity contribution in [1.82, 2.24) is 0 Å². The van der Waals surface area contributed by atoms with E-state index in [0.717, 1.165) is 5.57 Å². The summed E-state index contributed by atoms with van der Waals surface area (Å²) < 4.78 is 0. The Morgan fingerprint density at radius 2 is 1.81 bits per heavy atom. The minimum absolute atomic E-state index is 0.161. The highest BCUT2D eigenvalue weighted by Crippen LogP contribution is 2.39. The molecule has 0 saturated heterocycles. The van der Waals surface area contributed by atoms with Gasteiger partial charge < -0.3 is 5.11 Å². The Bertz CT molecular complexity index is 611. The van der Waals surface area contributed by atoms with Gasteiger partial charge in [-0.05, 0) is 18.4 Å². The number of carboxylic acid groups (broad SMARTS) is 1. The zero-order valence-corrected chi connectivity index (χ0v) is 12.5. The molecule has 3 heteroatoms. The molecule has 0 saturated carbocycles. The fourth-order valence-corrected chi connectivity index (χ4v) is 2.62. The highest BCUT2D eigenvalue weighted by atomic mass is 16.4. The summed E-state index contributed by atoms with van der Waals surface area (Å²) in [5, 5.41) is 9.54. The lowest BCUT2D eigenvalue weighted by molar-refractivity contribution is -0.142. The summed E-state index contributed by atoms with van der Waals surface area (Å²) in [4.78, 5) is 24.4. The van der Waals surface area contributed by atoms with Crippen molar-refractivity contribution in [1.29, 1.82) is 0 Å². The van der Waals surface area contributed by atoms with E-state index < -0.39 is 17.3 Å². The van der Waals surface area contributed by atoms with E-state index in [2.05, 4.69) is 0 Å². The molecule has 1 aliphatic carbocycles. The summed E-state index contributed by atoms with van der Waals surface area (Å²) in [7, 11) is 0. The van der Waals surface area contributed by atoms with Crippen molar-refractivity contribution in [2.45, 2.75) is 20.8 Å². The molecule has 0 aromatic heterocycles. The third kappa shape index (κ3) is 2.82. The van der Waals surface area contributed by atoms with Crippen molar-refractivity contribution in [2.24, 2.45) is 17.3 Å². The number of allylic oxidation sites excluding steroid dienone is 3. The number of Topliss-reactive ketones (excluding diaryl/α,β-unsaturated/α-hetero) is 1. The lowest BCUT2D eigenvalue weighted by atomic mass is 9.68. The minimum atomic E-state index is -1.05. The molecular formula is C18H20O3. The van der Waals surface area contributed by atoms with Gasteiger partial charge in [-0.3, -0.25) is 9.59 Å². The third-order valence-electron chi connectivity index (χ3n) is 4.09. The van der Waals surface area contributed by atoms with Gasteiger partial charge in [-0.1, -0.05) is 62.4 Å². The molecule has 1 aromatic carbocycles. The molecule has 1 N–H and O–H groups in total. The van der Waals surface area contributed by atoms with Gasteiger partial charge in [-0.25, -0.2) is 0 Å². The van der Waals surface area contributed by atoms with Crippen molar-refractivity contribution >= 4 is 11.8 Å². The molecule has 0 spiro atoms. The molecule has 0 amide bonds. The summed E-state index contributed by atoms with van der Waals surface area (Å²) in [6.45, 7) is 5.72. The van der Waals surface area contributed by atoms with E-state index >= 15 is 0 Å². The molecule has 2 rings (SSSR count). The number of carbonyl (C=O) groups is 2. The molecule has 0 radical (unpaired) electrons. The van der Waals surface area contributed by atoms with Gasteiger partial charge >= 0.3 is 5.97 Å². The second-order valence-corrected chi connectivity index (χ2v) is 5.95. The lowest BCUT2D eigenvalue weighted by Gasteiger charge is -2.33. The topological polar surface area (TPSA) is 54.4 Å². The highest BCUT2D eigenvalue weighted by molar-refractivity contribution is 6.04. The van der Waals surface area contributed by atoms with Gasteiger partial charge in [0, 0.05) is 5.56 Å².